The lowest BCUT2D eigenvalue weighted by molar-refractivity contribution is -0.0525. The molecule has 0 radical (unpaired) electrons. The number of nitrogens with zero attached hydrogens (tertiary/aromatic N) is 2. The quantitative estimate of drug-likeness (QED) is 0.547. The third kappa shape index (κ3) is 5.65. The molecule has 0 saturated heterocycles. The normalized spacial score (nSPS) is 25.7. The Balaban J connectivity index is 2.19. The SMILES string of the molecule is CC(C)(C)OC(=O)N(C(=O)OC(C)(C)C)C1=N[C@](C)(c2cc(N)ccc2F)[C@@H](F)[C@@H](C2(F)CC2)O1. The van der Waals surface area contributed by atoms with Crippen molar-refractivity contribution in [3.63, 3.8) is 0 Å². The summed E-state index contributed by atoms with van der Waals surface area (Å²) in [5, 5.41) is 0. The number of nitrogen functional groups attached to an aromatic ring is 1. The van der Waals surface area contributed by atoms with Crippen molar-refractivity contribution in [3.05, 3.63) is 29.6 Å². The first-order valence-corrected chi connectivity index (χ1v) is 11.3. The zero-order chi connectivity index (χ0) is 26.6. The Bertz CT molecular complexity index is 1020. The van der Waals surface area contributed by atoms with Crippen LogP contribution in [-0.2, 0) is 19.7 Å². The van der Waals surface area contributed by atoms with Gasteiger partial charge in [-0.2, -0.15) is 0 Å². The maximum atomic E-state index is 15.9. The second kappa shape index (κ2) is 8.60. The summed E-state index contributed by atoms with van der Waals surface area (Å²) in [7, 11) is 0. The molecule has 2 N–H and O–H groups in total. The van der Waals surface area contributed by atoms with Gasteiger partial charge in [-0.25, -0.2) is 27.8 Å². The van der Waals surface area contributed by atoms with Crippen molar-refractivity contribution >= 4 is 23.9 Å². The fourth-order valence-electron chi connectivity index (χ4n) is 3.61. The largest absolute Gasteiger partial charge is 0.454 e. The molecule has 8 nitrogen and oxygen atoms in total. The number of benzene rings is 1. The zero-order valence-electron chi connectivity index (χ0n) is 20.9. The van der Waals surface area contributed by atoms with E-state index >= 15 is 8.78 Å². The average molecular weight is 500 g/mol. The Morgan fingerprint density at radius 3 is 2.09 bits per heavy atom. The number of halogens is 3. The van der Waals surface area contributed by atoms with Crippen LogP contribution < -0.4 is 5.73 Å². The predicted molar refractivity (Wildman–Crippen MR) is 123 cm³/mol. The Morgan fingerprint density at radius 2 is 1.63 bits per heavy atom. The van der Waals surface area contributed by atoms with Crippen molar-refractivity contribution in [2.45, 2.75) is 96.0 Å². The summed E-state index contributed by atoms with van der Waals surface area (Å²) in [6.07, 6.45) is -6.46. The number of aliphatic imine (C=N–C) groups is 1. The number of amidine groups is 1. The van der Waals surface area contributed by atoms with Crippen molar-refractivity contribution in [3.8, 4) is 0 Å². The fraction of sp³-hybridized carbons (Fsp3) is 0.625. The van der Waals surface area contributed by atoms with Crippen LogP contribution in [-0.4, -0.2) is 52.3 Å². The highest BCUT2D eigenvalue weighted by molar-refractivity contribution is 6.06. The topological polar surface area (TPSA) is 103 Å². The Kier molecular flexibility index (Phi) is 6.54. The highest BCUT2D eigenvalue weighted by Gasteiger charge is 2.63. The highest BCUT2D eigenvalue weighted by Crippen LogP contribution is 2.51. The van der Waals surface area contributed by atoms with Crippen molar-refractivity contribution < 1.29 is 37.0 Å². The van der Waals surface area contributed by atoms with Gasteiger partial charge in [-0.1, -0.05) is 0 Å². The zero-order valence-corrected chi connectivity index (χ0v) is 20.9. The second-order valence-corrected chi connectivity index (χ2v) is 11.1. The molecule has 11 heteroatoms. The molecule has 35 heavy (non-hydrogen) atoms. The standard InChI is InChI=1S/C24H32F3N3O5/c1-21(2,3)34-19(31)30(20(32)35-22(4,5)6)18-29-23(7,14-12-13(28)8-9-15(14)25)16(26)17(33-18)24(27)10-11-24/h8-9,12,16-17H,10-11,28H2,1-7H3/t16-,17-,23+/m0/s1. The lowest BCUT2D eigenvalue weighted by atomic mass is 9.82. The molecule has 1 aliphatic carbocycles. The van der Waals surface area contributed by atoms with Crippen LogP contribution in [0.25, 0.3) is 0 Å². The molecule has 0 bridgehead atoms. The summed E-state index contributed by atoms with van der Waals surface area (Å²) in [6, 6.07) is 2.72. The summed E-state index contributed by atoms with van der Waals surface area (Å²) < 4.78 is 62.2. The minimum atomic E-state index is -2.17. The molecule has 2 aliphatic rings. The molecule has 1 aromatic carbocycles. The van der Waals surface area contributed by atoms with Crippen LogP contribution >= 0.6 is 0 Å². The van der Waals surface area contributed by atoms with Gasteiger partial charge in [-0.15, -0.1) is 4.90 Å². The number of carbonyl (C=O) groups excluding carboxylic acids is 2. The van der Waals surface area contributed by atoms with Crippen molar-refractivity contribution in [2.24, 2.45) is 4.99 Å². The van der Waals surface area contributed by atoms with E-state index in [0.717, 1.165) is 6.07 Å². The van der Waals surface area contributed by atoms with E-state index < -0.39 is 58.7 Å². The number of ether oxygens (including phenoxy) is 3. The molecular weight excluding hydrogens is 467 g/mol. The molecule has 1 heterocycles. The summed E-state index contributed by atoms with van der Waals surface area (Å²) in [5.41, 5.74) is -0.645. The van der Waals surface area contributed by atoms with Crippen LogP contribution in [0.2, 0.25) is 0 Å². The molecule has 1 fully saturated rings. The van der Waals surface area contributed by atoms with Crippen LogP contribution in [0.4, 0.5) is 28.4 Å². The number of amides is 2. The lowest BCUT2D eigenvalue weighted by Gasteiger charge is -2.42. The molecule has 1 saturated carbocycles. The van der Waals surface area contributed by atoms with Crippen LogP contribution in [0.1, 0.15) is 66.9 Å². The van der Waals surface area contributed by atoms with Gasteiger partial charge in [0.2, 0.25) is 0 Å². The number of alkyl halides is 2. The number of anilines is 1. The minimum absolute atomic E-state index is 0.0142. The third-order valence-electron chi connectivity index (χ3n) is 5.48. The molecule has 1 aliphatic heterocycles. The molecule has 3 rings (SSSR count). The first-order valence-electron chi connectivity index (χ1n) is 11.3. The average Bonchev–Trinajstić information content (AvgIpc) is 3.42. The number of hydrogen-bond donors (Lipinski definition) is 1. The van der Waals surface area contributed by atoms with Gasteiger partial charge in [-0.3, -0.25) is 0 Å². The third-order valence-corrected chi connectivity index (χ3v) is 5.48. The maximum Gasteiger partial charge on any atom is 0.428 e. The van der Waals surface area contributed by atoms with Crippen molar-refractivity contribution in [1.29, 1.82) is 0 Å². The van der Waals surface area contributed by atoms with Crippen molar-refractivity contribution in [2.75, 3.05) is 5.73 Å². The monoisotopic (exact) mass is 499 g/mol. The molecule has 0 spiro atoms. The van der Waals surface area contributed by atoms with Gasteiger partial charge in [0.25, 0.3) is 0 Å². The van der Waals surface area contributed by atoms with Gasteiger partial charge in [0, 0.05) is 11.3 Å². The van der Waals surface area contributed by atoms with E-state index in [-0.39, 0.29) is 24.1 Å². The number of nitrogens with two attached hydrogens (primary N) is 1. The van der Waals surface area contributed by atoms with E-state index in [4.69, 9.17) is 19.9 Å². The van der Waals surface area contributed by atoms with Gasteiger partial charge in [-0.05, 0) is 79.5 Å². The van der Waals surface area contributed by atoms with Crippen molar-refractivity contribution in [1.82, 2.24) is 4.90 Å². The van der Waals surface area contributed by atoms with Crippen LogP contribution in [0.5, 0.6) is 0 Å². The van der Waals surface area contributed by atoms with Gasteiger partial charge in [0.15, 0.2) is 17.9 Å². The summed E-state index contributed by atoms with van der Waals surface area (Å²) in [6.45, 7) is 10.6. The van der Waals surface area contributed by atoms with E-state index in [2.05, 4.69) is 4.99 Å². The van der Waals surface area contributed by atoms with E-state index in [1.54, 1.807) is 41.5 Å². The smallest absolute Gasteiger partial charge is 0.428 e. The Labute approximate surface area is 202 Å². The number of hydrogen-bond acceptors (Lipinski definition) is 7. The first-order chi connectivity index (χ1) is 15.9. The molecule has 3 atom stereocenters. The van der Waals surface area contributed by atoms with Crippen LogP contribution in [0.3, 0.4) is 0 Å². The molecule has 1 aromatic rings. The van der Waals surface area contributed by atoms with Gasteiger partial charge >= 0.3 is 18.2 Å². The second-order valence-electron chi connectivity index (χ2n) is 11.1. The van der Waals surface area contributed by atoms with E-state index in [1.807, 2.05) is 0 Å². The Hall–Kier alpha value is -2.98. The van der Waals surface area contributed by atoms with Gasteiger partial charge in [0.05, 0.1) is 0 Å². The molecule has 0 unspecified atom stereocenters. The highest BCUT2D eigenvalue weighted by atomic mass is 19.2. The van der Waals surface area contributed by atoms with E-state index in [1.165, 1.54) is 19.1 Å². The van der Waals surface area contributed by atoms with E-state index in [9.17, 15) is 14.0 Å². The van der Waals surface area contributed by atoms with Crippen LogP contribution in [0.15, 0.2) is 23.2 Å². The summed E-state index contributed by atoms with van der Waals surface area (Å²) in [5.74, 6) is -0.849. The lowest BCUT2D eigenvalue weighted by Crippen LogP contribution is -2.58. The van der Waals surface area contributed by atoms with Gasteiger partial charge in [0.1, 0.15) is 22.6 Å². The Morgan fingerprint density at radius 1 is 1.11 bits per heavy atom. The predicted octanol–water partition coefficient (Wildman–Crippen LogP) is 5.39. The number of carbonyl (C=O) groups is 2. The summed E-state index contributed by atoms with van der Waals surface area (Å²) >= 11 is 0. The first kappa shape index (κ1) is 26.6. The van der Waals surface area contributed by atoms with E-state index in [0.29, 0.717) is 4.90 Å². The summed E-state index contributed by atoms with van der Waals surface area (Å²) in [4.78, 5) is 30.6. The fourth-order valence-corrected chi connectivity index (χ4v) is 3.61. The molecule has 194 valence electrons. The minimum Gasteiger partial charge on any atom is -0.454 e. The van der Waals surface area contributed by atoms with Crippen LogP contribution in [0, 0.1) is 5.82 Å². The number of rotatable bonds is 2. The number of imide groups is 1. The molecule has 0 aromatic heterocycles. The van der Waals surface area contributed by atoms with Gasteiger partial charge < -0.3 is 19.9 Å². The molecular formula is C24H32F3N3O5. The maximum absolute atomic E-state index is 15.9. The molecule has 2 amide bonds.